The van der Waals surface area contributed by atoms with Gasteiger partial charge >= 0.3 is 0 Å². The van der Waals surface area contributed by atoms with Crippen molar-refractivity contribution in [2.24, 2.45) is 5.41 Å². The Labute approximate surface area is 122 Å². The molecule has 1 aliphatic carbocycles. The van der Waals surface area contributed by atoms with E-state index in [1.807, 2.05) is 22.8 Å². The first kappa shape index (κ1) is 12.4. The Morgan fingerprint density at radius 1 is 1.19 bits per heavy atom. The van der Waals surface area contributed by atoms with E-state index in [4.69, 9.17) is 9.47 Å². The molecular weight excluding hydrogens is 268 g/mol. The largest absolute Gasteiger partial charge is 0.454 e. The van der Waals surface area contributed by atoms with E-state index < -0.39 is 0 Å². The van der Waals surface area contributed by atoms with Crippen molar-refractivity contribution in [3.05, 3.63) is 35.9 Å². The highest BCUT2D eigenvalue weighted by Crippen LogP contribution is 2.37. The van der Waals surface area contributed by atoms with Crippen molar-refractivity contribution in [3.63, 3.8) is 0 Å². The van der Waals surface area contributed by atoms with E-state index in [0.29, 0.717) is 17.9 Å². The van der Waals surface area contributed by atoms with Crippen LogP contribution in [0.25, 0.3) is 5.69 Å². The van der Waals surface area contributed by atoms with E-state index in [9.17, 15) is 4.79 Å². The van der Waals surface area contributed by atoms with Crippen molar-refractivity contribution in [3.8, 4) is 17.2 Å². The van der Waals surface area contributed by atoms with Gasteiger partial charge in [-0.15, -0.1) is 0 Å². The van der Waals surface area contributed by atoms with Crippen LogP contribution in [0.4, 0.5) is 0 Å². The molecule has 2 aliphatic rings. The van der Waals surface area contributed by atoms with Crippen LogP contribution in [0.5, 0.6) is 11.5 Å². The zero-order valence-electron chi connectivity index (χ0n) is 12.0. The van der Waals surface area contributed by atoms with Gasteiger partial charge in [0.2, 0.25) is 6.79 Å². The van der Waals surface area contributed by atoms with E-state index in [-0.39, 0.29) is 18.0 Å². The van der Waals surface area contributed by atoms with Crippen molar-refractivity contribution < 1.29 is 14.3 Å². The summed E-state index contributed by atoms with van der Waals surface area (Å²) in [5.74, 6) is 1.59. The van der Waals surface area contributed by atoms with Crippen molar-refractivity contribution in [2.45, 2.75) is 26.7 Å². The number of imidazole rings is 1. The van der Waals surface area contributed by atoms with Crippen LogP contribution in [0.2, 0.25) is 0 Å². The second-order valence-corrected chi connectivity index (χ2v) is 6.39. The molecule has 0 bridgehead atoms. The zero-order valence-corrected chi connectivity index (χ0v) is 12.0. The second kappa shape index (κ2) is 4.10. The molecule has 0 fully saturated rings. The van der Waals surface area contributed by atoms with Gasteiger partial charge in [0.05, 0.1) is 11.4 Å². The fraction of sp³-hybridized carbons (Fsp3) is 0.375. The number of hydrogen-bond acceptors (Lipinski definition) is 4. The number of fused-ring (bicyclic) bond motifs is 2. The van der Waals surface area contributed by atoms with Crippen LogP contribution < -0.4 is 9.47 Å². The Hall–Kier alpha value is -2.30. The molecule has 0 unspecified atom stereocenters. The second-order valence-electron chi connectivity index (χ2n) is 6.39. The predicted molar refractivity (Wildman–Crippen MR) is 76.1 cm³/mol. The molecule has 4 rings (SSSR count). The number of carbonyl (C=O) groups is 1. The molecule has 2 heterocycles. The van der Waals surface area contributed by atoms with Gasteiger partial charge < -0.3 is 9.47 Å². The van der Waals surface area contributed by atoms with E-state index in [0.717, 1.165) is 23.6 Å². The van der Waals surface area contributed by atoms with E-state index in [2.05, 4.69) is 18.8 Å². The van der Waals surface area contributed by atoms with Gasteiger partial charge in [-0.25, -0.2) is 4.98 Å². The van der Waals surface area contributed by atoms with Crippen molar-refractivity contribution >= 4 is 5.78 Å². The Morgan fingerprint density at radius 2 is 2.00 bits per heavy atom. The van der Waals surface area contributed by atoms with Gasteiger partial charge in [0, 0.05) is 12.5 Å². The van der Waals surface area contributed by atoms with E-state index >= 15 is 0 Å². The first-order valence-corrected chi connectivity index (χ1v) is 7.03. The number of benzene rings is 1. The van der Waals surface area contributed by atoms with Gasteiger partial charge in [-0.3, -0.25) is 9.36 Å². The molecule has 0 saturated carbocycles. The van der Waals surface area contributed by atoms with Crippen LogP contribution in [-0.2, 0) is 6.42 Å². The Balaban J connectivity index is 1.81. The van der Waals surface area contributed by atoms with Crippen molar-refractivity contribution in [2.75, 3.05) is 6.79 Å². The minimum Gasteiger partial charge on any atom is -0.454 e. The fourth-order valence-corrected chi connectivity index (χ4v) is 3.07. The third-order valence-electron chi connectivity index (χ3n) is 4.03. The number of rotatable bonds is 1. The lowest BCUT2D eigenvalue weighted by molar-refractivity contribution is 0.0903. The summed E-state index contributed by atoms with van der Waals surface area (Å²) in [6.07, 6.45) is 3.10. The lowest BCUT2D eigenvalue weighted by Gasteiger charge is -2.28. The Bertz CT molecular complexity index is 746. The number of hydrogen-bond donors (Lipinski definition) is 0. The lowest BCUT2D eigenvalue weighted by atomic mass is 9.77. The van der Waals surface area contributed by atoms with Gasteiger partial charge in [-0.05, 0) is 24.0 Å². The highest BCUT2D eigenvalue weighted by atomic mass is 16.7. The zero-order chi connectivity index (χ0) is 14.6. The fourth-order valence-electron chi connectivity index (χ4n) is 3.07. The Morgan fingerprint density at radius 3 is 2.86 bits per heavy atom. The smallest absolute Gasteiger partial charge is 0.231 e. The number of carbonyl (C=O) groups excluding carboxylic acids is 1. The molecule has 0 saturated heterocycles. The van der Waals surface area contributed by atoms with Gasteiger partial charge in [0.15, 0.2) is 17.3 Å². The molecule has 2 aromatic rings. The van der Waals surface area contributed by atoms with Crippen LogP contribution in [-0.4, -0.2) is 22.1 Å². The third kappa shape index (κ3) is 1.92. The van der Waals surface area contributed by atoms with Crippen LogP contribution in [0, 0.1) is 5.41 Å². The molecule has 1 aliphatic heterocycles. The summed E-state index contributed by atoms with van der Waals surface area (Å²) in [4.78, 5) is 16.9. The third-order valence-corrected chi connectivity index (χ3v) is 4.03. The summed E-state index contributed by atoms with van der Waals surface area (Å²) >= 11 is 0. The number of Topliss-reactive ketones (excluding diaryl/α,β-unsaturated/α-hetero) is 1. The Kier molecular flexibility index (Phi) is 2.43. The SMILES string of the molecule is CC1(C)CC(=O)c2c(ncn2-c2ccc3c(c2)OCO3)C1. The topological polar surface area (TPSA) is 53.4 Å². The quantitative estimate of drug-likeness (QED) is 0.808. The number of aromatic nitrogens is 2. The normalized spacial score (nSPS) is 18.7. The van der Waals surface area contributed by atoms with Crippen molar-refractivity contribution in [1.82, 2.24) is 9.55 Å². The minimum absolute atomic E-state index is 0.0157. The molecule has 108 valence electrons. The molecule has 0 atom stereocenters. The molecule has 21 heavy (non-hydrogen) atoms. The summed E-state index contributed by atoms with van der Waals surface area (Å²) in [5, 5.41) is 0. The summed E-state index contributed by atoms with van der Waals surface area (Å²) in [5.41, 5.74) is 2.45. The first-order chi connectivity index (χ1) is 10.0. The van der Waals surface area contributed by atoms with Crippen LogP contribution in [0.3, 0.4) is 0 Å². The van der Waals surface area contributed by atoms with Gasteiger partial charge in [0.1, 0.15) is 12.0 Å². The summed E-state index contributed by atoms with van der Waals surface area (Å²) in [7, 11) is 0. The molecule has 5 nitrogen and oxygen atoms in total. The minimum atomic E-state index is -0.0157. The van der Waals surface area contributed by atoms with Crippen molar-refractivity contribution in [1.29, 1.82) is 0 Å². The van der Waals surface area contributed by atoms with E-state index in [1.54, 1.807) is 6.33 Å². The van der Waals surface area contributed by atoms with Gasteiger partial charge in [-0.2, -0.15) is 0 Å². The summed E-state index contributed by atoms with van der Waals surface area (Å²) in [6, 6.07) is 5.67. The van der Waals surface area contributed by atoms with E-state index in [1.165, 1.54) is 0 Å². The van der Waals surface area contributed by atoms with Gasteiger partial charge in [0.25, 0.3) is 0 Å². The number of nitrogens with zero attached hydrogens (tertiary/aromatic N) is 2. The summed E-state index contributed by atoms with van der Waals surface area (Å²) < 4.78 is 12.6. The number of ketones is 1. The average molecular weight is 284 g/mol. The molecular formula is C16H16N2O3. The lowest BCUT2D eigenvalue weighted by Crippen LogP contribution is -2.28. The molecule has 0 N–H and O–H groups in total. The number of ether oxygens (including phenoxy) is 2. The summed E-state index contributed by atoms with van der Waals surface area (Å²) in [6.45, 7) is 4.45. The molecule has 0 radical (unpaired) electrons. The standard InChI is InChI=1S/C16H16N2O3/c1-16(2)6-11-15(12(19)7-16)18(8-17-11)10-3-4-13-14(5-10)21-9-20-13/h3-5,8H,6-7,9H2,1-2H3. The maximum absolute atomic E-state index is 12.5. The highest BCUT2D eigenvalue weighted by Gasteiger charge is 2.34. The van der Waals surface area contributed by atoms with Gasteiger partial charge in [-0.1, -0.05) is 13.8 Å². The monoisotopic (exact) mass is 284 g/mol. The molecule has 1 aromatic heterocycles. The molecule has 0 amide bonds. The highest BCUT2D eigenvalue weighted by molar-refractivity contribution is 5.97. The molecule has 5 heteroatoms. The maximum Gasteiger partial charge on any atom is 0.231 e. The first-order valence-electron chi connectivity index (χ1n) is 7.03. The average Bonchev–Trinajstić information content (AvgIpc) is 3.01. The maximum atomic E-state index is 12.5. The predicted octanol–water partition coefficient (Wildman–Crippen LogP) is 2.76. The molecule has 1 aromatic carbocycles. The molecule has 0 spiro atoms. The van der Waals surface area contributed by atoms with Crippen LogP contribution >= 0.6 is 0 Å². The van der Waals surface area contributed by atoms with Crippen LogP contribution in [0.15, 0.2) is 24.5 Å². The van der Waals surface area contributed by atoms with Crippen LogP contribution in [0.1, 0.15) is 36.5 Å².